The maximum absolute atomic E-state index is 13.3. The van der Waals surface area contributed by atoms with Crippen LogP contribution in [0.5, 0.6) is 5.75 Å². The Kier molecular flexibility index (Phi) is 5.00. The molecule has 2 aromatic heterocycles. The van der Waals surface area contributed by atoms with Crippen LogP contribution in [0.1, 0.15) is 35.6 Å². The molecule has 3 aliphatic rings. The highest BCUT2D eigenvalue weighted by atomic mass is 16.6. The zero-order valence-electron chi connectivity index (χ0n) is 19.9. The van der Waals surface area contributed by atoms with Gasteiger partial charge in [0.1, 0.15) is 12.4 Å². The number of nitrogens with zero attached hydrogens (tertiary/aromatic N) is 4. The highest BCUT2D eigenvalue weighted by Crippen LogP contribution is 2.40. The largest absolute Gasteiger partial charge is 0.507 e. The summed E-state index contributed by atoms with van der Waals surface area (Å²) in [6, 6.07) is 7.42. The molecule has 0 bridgehead atoms. The van der Waals surface area contributed by atoms with Crippen LogP contribution < -0.4 is 5.56 Å². The number of fused-ring (bicyclic) bond motifs is 5. The third-order valence-electron chi connectivity index (χ3n) is 7.74. The first kappa shape index (κ1) is 22.2. The maximum Gasteiger partial charge on any atom is 0.343 e. The quantitative estimate of drug-likeness (QED) is 0.429. The Balaban J connectivity index is 1.42. The van der Waals surface area contributed by atoms with Gasteiger partial charge in [0.15, 0.2) is 5.60 Å². The third-order valence-corrected chi connectivity index (χ3v) is 7.74. The van der Waals surface area contributed by atoms with E-state index in [9.17, 15) is 19.8 Å². The van der Waals surface area contributed by atoms with E-state index in [1.165, 1.54) is 0 Å². The van der Waals surface area contributed by atoms with Gasteiger partial charge in [-0.15, -0.1) is 0 Å². The summed E-state index contributed by atoms with van der Waals surface area (Å²) < 4.78 is 6.74. The minimum Gasteiger partial charge on any atom is -0.507 e. The molecule has 3 aromatic rings. The van der Waals surface area contributed by atoms with Crippen LogP contribution in [0.3, 0.4) is 0 Å². The second-order valence-corrected chi connectivity index (χ2v) is 9.82. The molecule has 182 valence electrons. The number of hydrogen-bond donors (Lipinski definition) is 2. The fourth-order valence-corrected chi connectivity index (χ4v) is 5.46. The van der Waals surface area contributed by atoms with E-state index in [0.29, 0.717) is 46.5 Å². The number of rotatable bonds is 3. The van der Waals surface area contributed by atoms with Gasteiger partial charge >= 0.3 is 5.97 Å². The van der Waals surface area contributed by atoms with Crippen molar-refractivity contribution < 1.29 is 19.7 Å². The van der Waals surface area contributed by atoms with Crippen molar-refractivity contribution in [1.29, 1.82) is 0 Å². The molecule has 9 nitrogen and oxygen atoms in total. The smallest absolute Gasteiger partial charge is 0.343 e. The van der Waals surface area contributed by atoms with Gasteiger partial charge in [-0.25, -0.2) is 9.78 Å². The predicted octanol–water partition coefficient (Wildman–Crippen LogP) is 1.53. The number of hydrogen-bond acceptors (Lipinski definition) is 8. The van der Waals surface area contributed by atoms with Gasteiger partial charge in [-0.05, 0) is 31.7 Å². The number of benzene rings is 1. The summed E-state index contributed by atoms with van der Waals surface area (Å²) in [5, 5.41) is 22.8. The van der Waals surface area contributed by atoms with Crippen molar-refractivity contribution in [2.75, 3.05) is 33.2 Å². The molecule has 0 spiro atoms. The van der Waals surface area contributed by atoms with Gasteiger partial charge in [0, 0.05) is 54.8 Å². The number of ether oxygens (including phenoxy) is 1. The molecular formula is C26H28N4O5. The third kappa shape index (κ3) is 3.30. The number of pyridine rings is 2. The molecule has 1 aromatic carbocycles. The molecule has 3 aliphatic heterocycles. The van der Waals surface area contributed by atoms with Gasteiger partial charge in [-0.1, -0.05) is 13.0 Å². The number of aliphatic hydroxyl groups is 1. The number of cyclic esters (lactones) is 1. The lowest BCUT2D eigenvalue weighted by Crippen LogP contribution is -2.44. The highest BCUT2D eigenvalue weighted by molar-refractivity contribution is 5.90. The second kappa shape index (κ2) is 7.87. The molecule has 9 heteroatoms. The molecule has 1 atom stereocenters. The van der Waals surface area contributed by atoms with E-state index in [0.717, 1.165) is 37.3 Å². The van der Waals surface area contributed by atoms with Gasteiger partial charge in [-0.3, -0.25) is 9.69 Å². The van der Waals surface area contributed by atoms with Crippen molar-refractivity contribution in [3.63, 3.8) is 0 Å². The van der Waals surface area contributed by atoms with Gasteiger partial charge < -0.3 is 24.4 Å². The van der Waals surface area contributed by atoms with E-state index >= 15 is 0 Å². The van der Waals surface area contributed by atoms with Crippen molar-refractivity contribution >= 4 is 16.9 Å². The predicted molar refractivity (Wildman–Crippen MR) is 129 cm³/mol. The maximum atomic E-state index is 13.3. The Hall–Kier alpha value is -3.27. The zero-order valence-corrected chi connectivity index (χ0v) is 19.9. The van der Waals surface area contributed by atoms with E-state index in [1.807, 2.05) is 18.2 Å². The van der Waals surface area contributed by atoms with Gasteiger partial charge in [0.25, 0.3) is 5.56 Å². The van der Waals surface area contributed by atoms with Crippen molar-refractivity contribution in [2.45, 2.75) is 38.6 Å². The fraction of sp³-hybridized carbons (Fsp3) is 0.423. The van der Waals surface area contributed by atoms with Crippen LogP contribution in [0, 0.1) is 0 Å². The monoisotopic (exact) mass is 476 g/mol. The van der Waals surface area contributed by atoms with E-state index in [4.69, 9.17) is 9.72 Å². The highest BCUT2D eigenvalue weighted by Gasteiger charge is 2.45. The number of phenolic OH excluding ortho intramolecular Hbond substituents is 1. The SMILES string of the molecule is CCC1(O)C(=O)OCc2c1cc1n(c2=O)Cc2cc3c(O)c(CN4CCN(C)CC4)ccc3nc2-1. The zero-order chi connectivity index (χ0) is 24.5. The molecule has 0 radical (unpaired) electrons. The first-order chi connectivity index (χ1) is 16.8. The molecule has 35 heavy (non-hydrogen) atoms. The molecule has 1 unspecified atom stereocenters. The molecule has 0 saturated carbocycles. The lowest BCUT2D eigenvalue weighted by atomic mass is 9.86. The molecule has 1 fully saturated rings. The first-order valence-corrected chi connectivity index (χ1v) is 12.0. The van der Waals surface area contributed by atoms with Crippen LogP contribution in [0.2, 0.25) is 0 Å². The summed E-state index contributed by atoms with van der Waals surface area (Å²) in [7, 11) is 2.12. The standard InChI is InChI=1S/C26H28N4O5/c1-3-26(34)19-11-21-22-16(13-30(21)24(32)18(19)14-35-25(26)33)10-17-20(27-22)5-4-15(23(17)31)12-29-8-6-28(2)7-9-29/h4-5,10-11,31,34H,3,6-9,12-14H2,1-2H3. The number of piperazine rings is 1. The molecule has 5 heterocycles. The Morgan fingerprint density at radius 2 is 1.91 bits per heavy atom. The Bertz CT molecular complexity index is 1440. The van der Waals surface area contributed by atoms with Crippen LogP contribution in [-0.2, 0) is 34.8 Å². The van der Waals surface area contributed by atoms with Crippen LogP contribution in [0.25, 0.3) is 22.3 Å². The number of esters is 1. The van der Waals surface area contributed by atoms with Crippen LogP contribution in [0.15, 0.2) is 29.1 Å². The molecule has 1 saturated heterocycles. The molecule has 0 aliphatic carbocycles. The Labute approximate surface area is 202 Å². The molecule has 2 N–H and O–H groups in total. The number of phenols is 1. The Morgan fingerprint density at radius 1 is 1.14 bits per heavy atom. The normalized spacial score (nSPS) is 22.1. The molecular weight excluding hydrogens is 448 g/mol. The number of carbonyl (C=O) groups excluding carboxylic acids is 1. The van der Waals surface area contributed by atoms with E-state index in [2.05, 4.69) is 16.8 Å². The fourth-order valence-electron chi connectivity index (χ4n) is 5.46. The molecule has 0 amide bonds. The van der Waals surface area contributed by atoms with Crippen molar-refractivity contribution in [1.82, 2.24) is 19.4 Å². The molecule has 6 rings (SSSR count). The number of aromatic hydroxyl groups is 1. The van der Waals surface area contributed by atoms with Gasteiger partial charge in [-0.2, -0.15) is 0 Å². The summed E-state index contributed by atoms with van der Waals surface area (Å²) >= 11 is 0. The Morgan fingerprint density at radius 3 is 2.66 bits per heavy atom. The van der Waals surface area contributed by atoms with Crippen LogP contribution in [-0.4, -0.2) is 68.8 Å². The lowest BCUT2D eigenvalue weighted by Gasteiger charge is -2.32. The van der Waals surface area contributed by atoms with Crippen molar-refractivity contribution in [2.24, 2.45) is 0 Å². The van der Waals surface area contributed by atoms with E-state index in [-0.39, 0.29) is 24.3 Å². The number of carbonyl (C=O) groups is 1. The topological polar surface area (TPSA) is 108 Å². The number of likely N-dealkylation sites (N-methyl/N-ethyl adjacent to an activating group) is 1. The van der Waals surface area contributed by atoms with Crippen LogP contribution >= 0.6 is 0 Å². The summed E-state index contributed by atoms with van der Waals surface area (Å²) in [6.07, 6.45) is 0.101. The summed E-state index contributed by atoms with van der Waals surface area (Å²) in [5.74, 6) is -0.516. The average molecular weight is 477 g/mol. The average Bonchev–Trinajstić information content (AvgIpc) is 3.22. The summed E-state index contributed by atoms with van der Waals surface area (Å²) in [4.78, 5) is 35.1. The first-order valence-electron chi connectivity index (χ1n) is 12.0. The van der Waals surface area contributed by atoms with Gasteiger partial charge in [0.05, 0.1) is 29.0 Å². The van der Waals surface area contributed by atoms with E-state index in [1.54, 1.807) is 17.6 Å². The minimum absolute atomic E-state index is 0.101. The lowest BCUT2D eigenvalue weighted by molar-refractivity contribution is -0.172. The van der Waals surface area contributed by atoms with Gasteiger partial charge in [0.2, 0.25) is 0 Å². The minimum atomic E-state index is -1.85. The van der Waals surface area contributed by atoms with E-state index < -0.39 is 11.6 Å². The summed E-state index contributed by atoms with van der Waals surface area (Å²) in [5.41, 5.74) is 1.95. The second-order valence-electron chi connectivity index (χ2n) is 9.82. The van der Waals surface area contributed by atoms with Crippen molar-refractivity contribution in [3.8, 4) is 17.1 Å². The number of aromatic nitrogens is 2. The van der Waals surface area contributed by atoms with Crippen LogP contribution in [0.4, 0.5) is 0 Å². The van der Waals surface area contributed by atoms with Crippen molar-refractivity contribution in [3.05, 3.63) is 56.9 Å². The summed E-state index contributed by atoms with van der Waals surface area (Å²) in [6.45, 7) is 6.42.